The summed E-state index contributed by atoms with van der Waals surface area (Å²) in [4.78, 5) is 11.0. The van der Waals surface area contributed by atoms with Gasteiger partial charge >= 0.3 is 5.97 Å². The summed E-state index contributed by atoms with van der Waals surface area (Å²) in [5.74, 6) is 0.537. The van der Waals surface area contributed by atoms with E-state index in [2.05, 4.69) is 38.9 Å². The predicted octanol–water partition coefficient (Wildman–Crippen LogP) is 4.30. The summed E-state index contributed by atoms with van der Waals surface area (Å²) in [6.45, 7) is 8.31. The van der Waals surface area contributed by atoms with Crippen molar-refractivity contribution in [2.24, 2.45) is 0 Å². The number of carbonyl (C=O) groups is 1. The van der Waals surface area contributed by atoms with Gasteiger partial charge in [-0.1, -0.05) is 45.0 Å². The Morgan fingerprint density at radius 3 is 2.23 bits per heavy atom. The number of aromatic nitrogens is 1. The second-order valence-corrected chi connectivity index (χ2v) is 5.84. The van der Waals surface area contributed by atoms with Crippen LogP contribution >= 0.6 is 0 Å². The lowest BCUT2D eigenvalue weighted by Crippen LogP contribution is -2.01. The molecule has 0 bridgehead atoms. The molecule has 0 aliphatic carbocycles. The normalized spacial score (nSPS) is 11.2. The molecular formula is C17H21NO4. The van der Waals surface area contributed by atoms with E-state index in [1.54, 1.807) is 7.11 Å². The molecule has 118 valence electrons. The van der Waals surface area contributed by atoms with Crippen LogP contribution in [0.3, 0.4) is 0 Å². The lowest BCUT2D eigenvalue weighted by atomic mass is 9.89. The maximum Gasteiger partial charge on any atom is 0.358 e. The first kappa shape index (κ1) is 16.1. The van der Waals surface area contributed by atoms with Gasteiger partial charge in [0.05, 0.1) is 12.7 Å². The number of carboxylic acid groups (broad SMARTS) is 1. The van der Waals surface area contributed by atoms with Crippen LogP contribution in [0.2, 0.25) is 0 Å². The predicted molar refractivity (Wildman–Crippen MR) is 83.6 cm³/mol. The van der Waals surface area contributed by atoms with Crippen LogP contribution in [-0.2, 0) is 0 Å². The summed E-state index contributed by atoms with van der Waals surface area (Å²) in [5.41, 5.74) is 2.76. The number of aromatic carboxylic acids is 1. The molecule has 1 aromatic carbocycles. The highest BCUT2D eigenvalue weighted by Gasteiger charge is 2.23. The van der Waals surface area contributed by atoms with Crippen LogP contribution < -0.4 is 4.74 Å². The van der Waals surface area contributed by atoms with Gasteiger partial charge in [0, 0.05) is 6.07 Å². The van der Waals surface area contributed by atoms with E-state index in [1.165, 1.54) is 6.07 Å². The zero-order chi connectivity index (χ0) is 16.4. The van der Waals surface area contributed by atoms with Gasteiger partial charge in [-0.15, -0.1) is 0 Å². The van der Waals surface area contributed by atoms with Crippen molar-refractivity contribution in [2.75, 3.05) is 7.11 Å². The minimum atomic E-state index is -1.11. The van der Waals surface area contributed by atoms with Gasteiger partial charge in [-0.3, -0.25) is 0 Å². The van der Waals surface area contributed by atoms with E-state index in [4.69, 9.17) is 14.4 Å². The highest BCUT2D eigenvalue weighted by molar-refractivity contribution is 5.87. The van der Waals surface area contributed by atoms with Gasteiger partial charge < -0.3 is 14.4 Å². The van der Waals surface area contributed by atoms with Crippen molar-refractivity contribution in [3.8, 4) is 17.1 Å². The first-order chi connectivity index (χ1) is 10.4. The molecule has 1 N–H and O–H groups in total. The van der Waals surface area contributed by atoms with E-state index in [1.807, 2.05) is 6.07 Å². The lowest BCUT2D eigenvalue weighted by molar-refractivity contribution is 0.0686. The molecule has 0 fully saturated rings. The molecule has 0 unspecified atom stereocenters. The van der Waals surface area contributed by atoms with Crippen molar-refractivity contribution in [3.63, 3.8) is 0 Å². The third kappa shape index (κ3) is 2.84. The first-order valence-electron chi connectivity index (χ1n) is 7.28. The third-order valence-electron chi connectivity index (χ3n) is 3.64. The van der Waals surface area contributed by atoms with Crippen molar-refractivity contribution in [1.29, 1.82) is 0 Å². The van der Waals surface area contributed by atoms with E-state index in [9.17, 15) is 4.79 Å². The van der Waals surface area contributed by atoms with E-state index in [0.29, 0.717) is 11.5 Å². The summed E-state index contributed by atoms with van der Waals surface area (Å²) in [6.07, 6.45) is 0. The van der Waals surface area contributed by atoms with Crippen molar-refractivity contribution in [2.45, 2.75) is 39.5 Å². The molecule has 0 spiro atoms. The highest BCUT2D eigenvalue weighted by atomic mass is 16.5. The minimum Gasteiger partial charge on any atom is -0.496 e. The molecule has 0 atom stereocenters. The van der Waals surface area contributed by atoms with Crippen molar-refractivity contribution in [1.82, 2.24) is 5.16 Å². The van der Waals surface area contributed by atoms with Gasteiger partial charge in [-0.2, -0.15) is 0 Å². The quantitative estimate of drug-likeness (QED) is 0.891. The molecule has 0 saturated heterocycles. The molecule has 0 saturated carbocycles. The average Bonchev–Trinajstić information content (AvgIpc) is 2.94. The molecule has 0 radical (unpaired) electrons. The monoisotopic (exact) mass is 303 g/mol. The van der Waals surface area contributed by atoms with Gasteiger partial charge in [-0.25, -0.2) is 4.79 Å². The second kappa shape index (κ2) is 6.22. The number of hydrogen-bond acceptors (Lipinski definition) is 4. The molecule has 1 aromatic heterocycles. The first-order valence-corrected chi connectivity index (χ1v) is 7.28. The van der Waals surface area contributed by atoms with Gasteiger partial charge in [0.25, 0.3) is 0 Å². The van der Waals surface area contributed by atoms with E-state index in [0.717, 1.165) is 16.7 Å². The number of hydrogen-bond donors (Lipinski definition) is 1. The molecule has 0 aliphatic rings. The van der Waals surface area contributed by atoms with E-state index < -0.39 is 5.97 Å². The number of benzene rings is 1. The molecule has 5 nitrogen and oxygen atoms in total. The molecule has 2 aromatic rings. The zero-order valence-corrected chi connectivity index (χ0v) is 13.5. The number of ether oxygens (including phenoxy) is 1. The Kier molecular flexibility index (Phi) is 4.54. The third-order valence-corrected chi connectivity index (χ3v) is 3.64. The highest BCUT2D eigenvalue weighted by Crippen LogP contribution is 2.42. The summed E-state index contributed by atoms with van der Waals surface area (Å²) in [6, 6.07) is 5.54. The zero-order valence-electron chi connectivity index (χ0n) is 13.5. The Labute approximate surface area is 129 Å². The van der Waals surface area contributed by atoms with Crippen molar-refractivity contribution < 1.29 is 19.2 Å². The standard InChI is InChI=1S/C17H21NO4/c1-9(2)11-6-7-12(10(3)4)16(21-5)15(11)14-8-13(17(19)20)18-22-14/h6-10H,1-5H3,(H,19,20). The summed E-state index contributed by atoms with van der Waals surface area (Å²) >= 11 is 0. The Balaban J connectivity index is 2.73. The van der Waals surface area contributed by atoms with Crippen molar-refractivity contribution >= 4 is 5.97 Å². The van der Waals surface area contributed by atoms with Crippen LogP contribution in [0, 0.1) is 0 Å². The Morgan fingerprint density at radius 1 is 1.18 bits per heavy atom. The summed E-state index contributed by atoms with van der Waals surface area (Å²) in [5, 5.41) is 12.7. The van der Waals surface area contributed by atoms with Crippen LogP contribution in [-0.4, -0.2) is 23.3 Å². The molecule has 0 aliphatic heterocycles. The van der Waals surface area contributed by atoms with Crippen LogP contribution in [0.15, 0.2) is 22.7 Å². The second-order valence-electron chi connectivity index (χ2n) is 5.84. The fourth-order valence-corrected chi connectivity index (χ4v) is 2.52. The maximum atomic E-state index is 11.0. The average molecular weight is 303 g/mol. The molecule has 5 heteroatoms. The molecule has 1 heterocycles. The number of carboxylic acids is 1. The minimum absolute atomic E-state index is 0.110. The van der Waals surface area contributed by atoms with Gasteiger partial charge in [0.15, 0.2) is 11.5 Å². The SMILES string of the molecule is COc1c(C(C)C)ccc(C(C)C)c1-c1cc(C(=O)O)no1. The van der Waals surface area contributed by atoms with Crippen molar-refractivity contribution in [3.05, 3.63) is 35.0 Å². The fourth-order valence-electron chi connectivity index (χ4n) is 2.52. The summed E-state index contributed by atoms with van der Waals surface area (Å²) < 4.78 is 10.9. The smallest absolute Gasteiger partial charge is 0.358 e. The van der Waals surface area contributed by atoms with Gasteiger partial charge in [0.1, 0.15) is 5.75 Å². The molecule has 0 amide bonds. The van der Waals surface area contributed by atoms with Crippen LogP contribution in [0.5, 0.6) is 5.75 Å². The number of methoxy groups -OCH3 is 1. The van der Waals surface area contributed by atoms with Gasteiger partial charge in [-0.05, 0) is 23.0 Å². The Hall–Kier alpha value is -2.30. The maximum absolute atomic E-state index is 11.0. The van der Waals surface area contributed by atoms with Crippen LogP contribution in [0.4, 0.5) is 0 Å². The van der Waals surface area contributed by atoms with Crippen LogP contribution in [0.25, 0.3) is 11.3 Å². The van der Waals surface area contributed by atoms with E-state index >= 15 is 0 Å². The lowest BCUT2D eigenvalue weighted by Gasteiger charge is -2.19. The molecule has 22 heavy (non-hydrogen) atoms. The fraction of sp³-hybridized carbons (Fsp3) is 0.412. The largest absolute Gasteiger partial charge is 0.496 e. The molecular weight excluding hydrogens is 282 g/mol. The summed E-state index contributed by atoms with van der Waals surface area (Å²) in [7, 11) is 1.61. The van der Waals surface area contributed by atoms with Gasteiger partial charge in [0.2, 0.25) is 0 Å². The molecule has 2 rings (SSSR count). The number of rotatable bonds is 5. The number of nitrogens with zero attached hydrogens (tertiary/aromatic N) is 1. The Bertz CT molecular complexity index is 686. The Morgan fingerprint density at radius 2 is 1.77 bits per heavy atom. The van der Waals surface area contributed by atoms with Crippen LogP contribution in [0.1, 0.15) is 61.1 Å². The topological polar surface area (TPSA) is 72.6 Å². The van der Waals surface area contributed by atoms with E-state index in [-0.39, 0.29) is 17.5 Å².